The van der Waals surface area contributed by atoms with Gasteiger partial charge in [-0.3, -0.25) is 0 Å². The van der Waals surface area contributed by atoms with Crippen molar-refractivity contribution in [3.05, 3.63) is 0 Å². The maximum atomic E-state index is 2.52. The molecule has 0 bridgehead atoms. The van der Waals surface area contributed by atoms with E-state index in [9.17, 15) is 0 Å². The molecule has 1 aliphatic heterocycles. The Morgan fingerprint density at radius 3 is 2.70 bits per heavy atom. The number of likely N-dealkylation sites (tertiary alicyclic amines) is 1. The molecule has 0 aromatic carbocycles. The van der Waals surface area contributed by atoms with Gasteiger partial charge < -0.3 is 4.90 Å². The zero-order valence-corrected chi connectivity index (χ0v) is 7.06. The van der Waals surface area contributed by atoms with Crippen molar-refractivity contribution < 1.29 is 0 Å². The fourth-order valence-corrected chi connectivity index (χ4v) is 2.61. The highest BCUT2D eigenvalue weighted by molar-refractivity contribution is 5.03. The third kappa shape index (κ3) is 0.672. The summed E-state index contributed by atoms with van der Waals surface area (Å²) < 4.78 is 0. The third-order valence-electron chi connectivity index (χ3n) is 3.73. The topological polar surface area (TPSA) is 3.24 Å². The van der Waals surface area contributed by atoms with Crippen LogP contribution in [0.3, 0.4) is 0 Å². The first-order chi connectivity index (χ1) is 4.73. The molecular weight excluding hydrogens is 122 g/mol. The van der Waals surface area contributed by atoms with Gasteiger partial charge in [-0.15, -0.1) is 0 Å². The molecule has 2 aliphatic rings. The summed E-state index contributed by atoms with van der Waals surface area (Å²) in [6, 6.07) is 0. The average molecular weight is 139 g/mol. The maximum absolute atomic E-state index is 2.52. The smallest absolute Gasteiger partial charge is 0.0218 e. The van der Waals surface area contributed by atoms with E-state index in [1.165, 1.54) is 32.2 Å². The molecule has 0 amide bonds. The summed E-state index contributed by atoms with van der Waals surface area (Å²) in [5.41, 5.74) is 0.609. The Morgan fingerprint density at radius 1 is 1.40 bits per heavy atom. The molecule has 1 aliphatic carbocycles. The second-order valence-corrected chi connectivity index (χ2v) is 4.18. The standard InChI is InChI=1S/C9H17N/c1-9-6-4-3-5-8(9)7-10(9)2/h8H,3-7H2,1-2H3/t8-,9-/m0/s1. The summed E-state index contributed by atoms with van der Waals surface area (Å²) in [6.45, 7) is 3.79. The van der Waals surface area contributed by atoms with Crippen molar-refractivity contribution in [1.82, 2.24) is 4.90 Å². The zero-order chi connectivity index (χ0) is 7.19. The molecule has 1 saturated carbocycles. The van der Waals surface area contributed by atoms with Crippen molar-refractivity contribution in [1.29, 1.82) is 0 Å². The number of hydrogen-bond donors (Lipinski definition) is 0. The molecule has 2 fully saturated rings. The predicted octanol–water partition coefficient (Wildman–Crippen LogP) is 1.88. The molecule has 1 heterocycles. The SMILES string of the molecule is CN1C[C@@H]2CCCC[C@@]21C. The van der Waals surface area contributed by atoms with E-state index in [0.29, 0.717) is 5.54 Å². The van der Waals surface area contributed by atoms with Gasteiger partial charge in [0.2, 0.25) is 0 Å². The Kier molecular flexibility index (Phi) is 1.31. The fourth-order valence-electron chi connectivity index (χ4n) is 2.61. The Balaban J connectivity index is 2.08. The lowest BCUT2D eigenvalue weighted by molar-refractivity contribution is -0.0763. The Morgan fingerprint density at radius 2 is 2.20 bits per heavy atom. The van der Waals surface area contributed by atoms with Crippen LogP contribution in [0.1, 0.15) is 32.6 Å². The van der Waals surface area contributed by atoms with E-state index < -0.39 is 0 Å². The highest BCUT2D eigenvalue weighted by Gasteiger charge is 2.48. The van der Waals surface area contributed by atoms with Gasteiger partial charge in [-0.1, -0.05) is 12.8 Å². The van der Waals surface area contributed by atoms with Crippen LogP contribution in [0.15, 0.2) is 0 Å². The lowest BCUT2D eigenvalue weighted by Gasteiger charge is -2.58. The van der Waals surface area contributed by atoms with Gasteiger partial charge in [0.15, 0.2) is 0 Å². The van der Waals surface area contributed by atoms with Crippen molar-refractivity contribution in [2.75, 3.05) is 13.6 Å². The van der Waals surface area contributed by atoms with Gasteiger partial charge in [-0.2, -0.15) is 0 Å². The van der Waals surface area contributed by atoms with Crippen molar-refractivity contribution in [2.45, 2.75) is 38.1 Å². The molecule has 0 radical (unpaired) electrons. The third-order valence-corrected chi connectivity index (χ3v) is 3.73. The normalized spacial score (nSPS) is 48.0. The number of rotatable bonds is 0. The molecule has 58 valence electrons. The van der Waals surface area contributed by atoms with Crippen LogP contribution in [0.5, 0.6) is 0 Å². The van der Waals surface area contributed by atoms with Crippen LogP contribution in [0.4, 0.5) is 0 Å². The van der Waals surface area contributed by atoms with Crippen molar-refractivity contribution in [3.63, 3.8) is 0 Å². The van der Waals surface area contributed by atoms with Gasteiger partial charge in [0.25, 0.3) is 0 Å². The minimum atomic E-state index is 0.609. The quantitative estimate of drug-likeness (QED) is 0.495. The van der Waals surface area contributed by atoms with Gasteiger partial charge in [0, 0.05) is 12.1 Å². The first-order valence-electron chi connectivity index (χ1n) is 4.45. The molecule has 1 heteroatoms. The van der Waals surface area contributed by atoms with Crippen LogP contribution in [-0.4, -0.2) is 24.0 Å². The molecule has 0 aromatic rings. The average Bonchev–Trinajstić information content (AvgIpc) is 1.93. The molecule has 0 unspecified atom stereocenters. The molecule has 1 nitrogen and oxygen atoms in total. The van der Waals surface area contributed by atoms with E-state index >= 15 is 0 Å². The summed E-state index contributed by atoms with van der Waals surface area (Å²) in [6.07, 6.45) is 5.86. The van der Waals surface area contributed by atoms with Crippen LogP contribution in [0, 0.1) is 5.92 Å². The molecule has 0 N–H and O–H groups in total. The lowest BCUT2D eigenvalue weighted by atomic mass is 9.67. The summed E-state index contributed by atoms with van der Waals surface area (Å²) in [7, 11) is 2.27. The Labute approximate surface area is 63.4 Å². The molecule has 2 atom stereocenters. The van der Waals surface area contributed by atoms with Gasteiger partial charge in [0.1, 0.15) is 0 Å². The Hall–Kier alpha value is -0.0400. The van der Waals surface area contributed by atoms with Gasteiger partial charge in [-0.25, -0.2) is 0 Å². The molecule has 0 aromatic heterocycles. The zero-order valence-electron chi connectivity index (χ0n) is 7.06. The monoisotopic (exact) mass is 139 g/mol. The molecule has 2 rings (SSSR count). The second kappa shape index (κ2) is 1.97. The van der Waals surface area contributed by atoms with Crippen LogP contribution in [0.2, 0.25) is 0 Å². The van der Waals surface area contributed by atoms with Crippen molar-refractivity contribution in [3.8, 4) is 0 Å². The van der Waals surface area contributed by atoms with Crippen molar-refractivity contribution in [2.24, 2.45) is 5.92 Å². The highest BCUT2D eigenvalue weighted by atomic mass is 15.2. The van der Waals surface area contributed by atoms with E-state index in [2.05, 4.69) is 18.9 Å². The van der Waals surface area contributed by atoms with Crippen molar-refractivity contribution >= 4 is 0 Å². The van der Waals surface area contributed by atoms with Gasteiger partial charge in [-0.05, 0) is 32.7 Å². The molecule has 0 spiro atoms. The van der Waals surface area contributed by atoms with Gasteiger partial charge in [0.05, 0.1) is 0 Å². The molecule has 10 heavy (non-hydrogen) atoms. The summed E-state index contributed by atoms with van der Waals surface area (Å²) >= 11 is 0. The minimum Gasteiger partial charge on any atom is -0.300 e. The largest absolute Gasteiger partial charge is 0.300 e. The van der Waals surface area contributed by atoms with E-state index in [-0.39, 0.29) is 0 Å². The van der Waals surface area contributed by atoms with Crippen LogP contribution in [-0.2, 0) is 0 Å². The summed E-state index contributed by atoms with van der Waals surface area (Å²) in [4.78, 5) is 2.52. The van der Waals surface area contributed by atoms with E-state index in [0.717, 1.165) is 5.92 Å². The highest BCUT2D eigenvalue weighted by Crippen LogP contribution is 2.45. The Bertz CT molecular complexity index is 142. The predicted molar refractivity (Wildman–Crippen MR) is 43.0 cm³/mol. The fraction of sp³-hybridized carbons (Fsp3) is 1.00. The number of fused-ring (bicyclic) bond motifs is 1. The van der Waals surface area contributed by atoms with Gasteiger partial charge >= 0.3 is 0 Å². The van der Waals surface area contributed by atoms with Crippen LogP contribution >= 0.6 is 0 Å². The summed E-state index contributed by atoms with van der Waals surface area (Å²) in [5.74, 6) is 1.03. The number of hydrogen-bond acceptors (Lipinski definition) is 1. The van der Waals surface area contributed by atoms with E-state index in [1.807, 2.05) is 0 Å². The number of nitrogens with zero attached hydrogens (tertiary/aromatic N) is 1. The van der Waals surface area contributed by atoms with E-state index in [1.54, 1.807) is 0 Å². The van der Waals surface area contributed by atoms with Crippen LogP contribution < -0.4 is 0 Å². The molecule has 1 saturated heterocycles. The lowest BCUT2D eigenvalue weighted by Crippen LogP contribution is -2.64. The molecular formula is C9H17N. The van der Waals surface area contributed by atoms with E-state index in [4.69, 9.17) is 0 Å². The van der Waals surface area contributed by atoms with Crippen LogP contribution in [0.25, 0.3) is 0 Å². The minimum absolute atomic E-state index is 0.609. The maximum Gasteiger partial charge on any atom is 0.0218 e. The first kappa shape index (κ1) is 6.66. The first-order valence-corrected chi connectivity index (χ1v) is 4.45. The summed E-state index contributed by atoms with van der Waals surface area (Å²) in [5, 5.41) is 0. The second-order valence-electron chi connectivity index (χ2n) is 4.18.